The van der Waals surface area contributed by atoms with E-state index in [1.54, 1.807) is 0 Å². The molecule has 72 valence electrons. The van der Waals surface area contributed by atoms with Gasteiger partial charge in [-0.1, -0.05) is 20.4 Å². The van der Waals surface area contributed by atoms with E-state index in [0.29, 0.717) is 0 Å². The summed E-state index contributed by atoms with van der Waals surface area (Å²) in [5, 5.41) is 0. The summed E-state index contributed by atoms with van der Waals surface area (Å²) < 4.78 is 8.88. The molecule has 3 N–H and O–H groups in total. The van der Waals surface area contributed by atoms with Crippen LogP contribution in [0.25, 0.3) is 0 Å². The minimum Gasteiger partial charge on any atom is -0.303 e. The van der Waals surface area contributed by atoms with Gasteiger partial charge in [0.1, 0.15) is 0 Å². The van der Waals surface area contributed by atoms with Crippen molar-refractivity contribution >= 4 is 7.82 Å². The number of hydrogen-bond donors (Lipinski definition) is 3. The summed E-state index contributed by atoms with van der Waals surface area (Å²) in [5.41, 5.74) is 4.19. The van der Waals surface area contributed by atoms with Crippen LogP contribution in [0.5, 0.6) is 0 Å². The van der Waals surface area contributed by atoms with Crippen molar-refractivity contribution in [1.29, 1.82) is 0 Å². The maximum absolute atomic E-state index is 8.88. The Bertz CT molecular complexity index is 185. The van der Waals surface area contributed by atoms with Gasteiger partial charge < -0.3 is 14.7 Å². The lowest BCUT2D eigenvalue weighted by Crippen LogP contribution is -1.70. The first-order valence-corrected chi connectivity index (χ1v) is 5.07. The topological polar surface area (TPSA) is 77.8 Å². The molecule has 0 aromatic rings. The van der Waals surface area contributed by atoms with Crippen molar-refractivity contribution in [3.63, 3.8) is 0 Å². The minimum absolute atomic E-state index is 1.10. The van der Waals surface area contributed by atoms with Crippen LogP contribution < -0.4 is 0 Å². The molecule has 0 aliphatic heterocycles. The Morgan fingerprint density at radius 2 is 1.58 bits per heavy atom. The normalized spacial score (nSPS) is 9.42. The Morgan fingerprint density at radius 3 is 1.58 bits per heavy atom. The molecule has 0 aliphatic carbocycles. The highest BCUT2D eigenvalue weighted by Crippen LogP contribution is 2.25. The van der Waals surface area contributed by atoms with E-state index in [9.17, 15) is 0 Å². The molecule has 0 rings (SSSR count). The lowest BCUT2D eigenvalue weighted by molar-refractivity contribution is 0.275. The van der Waals surface area contributed by atoms with Gasteiger partial charge in [0.15, 0.2) is 0 Å². The third-order valence-electron chi connectivity index (χ3n) is 1.10. The van der Waals surface area contributed by atoms with Crippen molar-refractivity contribution in [3.8, 4) is 0 Å². The first kappa shape index (κ1) is 14.2. The molecule has 0 saturated carbocycles. The van der Waals surface area contributed by atoms with Gasteiger partial charge in [0.2, 0.25) is 0 Å². The van der Waals surface area contributed by atoms with Crippen molar-refractivity contribution in [2.75, 3.05) is 0 Å². The summed E-state index contributed by atoms with van der Waals surface area (Å²) in [6.07, 6.45) is 2.19. The number of allylic oxidation sites excluding steroid dienone is 1. The molecule has 12 heavy (non-hydrogen) atoms. The van der Waals surface area contributed by atoms with E-state index in [-0.39, 0.29) is 0 Å². The lowest BCUT2D eigenvalue weighted by Gasteiger charge is -1.89. The van der Waals surface area contributed by atoms with Gasteiger partial charge in [-0.2, -0.15) is 0 Å². The highest BCUT2D eigenvalue weighted by atomic mass is 31.2. The Kier molecular flexibility index (Phi) is 8.61. The van der Waals surface area contributed by atoms with E-state index >= 15 is 0 Å². The maximum Gasteiger partial charge on any atom is 0.466 e. The van der Waals surface area contributed by atoms with Gasteiger partial charge >= 0.3 is 7.82 Å². The molecule has 0 aromatic carbocycles. The monoisotopic (exact) mass is 194 g/mol. The Balaban J connectivity index is 0. The fraction of sp³-hybridized carbons (Fsp3) is 0.571. The van der Waals surface area contributed by atoms with Gasteiger partial charge in [0.25, 0.3) is 0 Å². The van der Waals surface area contributed by atoms with Crippen LogP contribution in [0.4, 0.5) is 0 Å². The lowest BCUT2D eigenvalue weighted by atomic mass is 10.2. The molecular formula is C7H15O4P. The van der Waals surface area contributed by atoms with Crippen LogP contribution in [0.3, 0.4) is 0 Å². The molecule has 0 fully saturated rings. The van der Waals surface area contributed by atoms with Crippen LogP contribution in [0.1, 0.15) is 26.7 Å². The Hall–Kier alpha value is -0.370. The highest BCUT2D eigenvalue weighted by molar-refractivity contribution is 7.45. The Labute approximate surface area is 72.5 Å². The average Bonchev–Trinajstić information content (AvgIpc) is 1.88. The predicted octanol–water partition coefficient (Wildman–Crippen LogP) is 1.59. The quantitative estimate of drug-likeness (QED) is 0.460. The first-order chi connectivity index (χ1) is 5.35. The second-order valence-electron chi connectivity index (χ2n) is 2.00. The van der Waals surface area contributed by atoms with Crippen molar-refractivity contribution in [3.05, 3.63) is 17.9 Å². The third-order valence-corrected chi connectivity index (χ3v) is 1.10. The van der Waals surface area contributed by atoms with Gasteiger partial charge in [0.05, 0.1) is 0 Å². The predicted molar refractivity (Wildman–Crippen MR) is 47.5 cm³/mol. The van der Waals surface area contributed by atoms with E-state index in [1.165, 1.54) is 5.57 Å². The van der Waals surface area contributed by atoms with E-state index in [4.69, 9.17) is 19.2 Å². The Morgan fingerprint density at radius 1 is 1.33 bits per heavy atom. The SMILES string of the molecule is C=C=C(CC)CC.O=P(O)(O)O. The van der Waals surface area contributed by atoms with Gasteiger partial charge in [0, 0.05) is 0 Å². The summed E-state index contributed by atoms with van der Waals surface area (Å²) >= 11 is 0. The summed E-state index contributed by atoms with van der Waals surface area (Å²) in [6.45, 7) is 7.78. The zero-order chi connectivity index (χ0) is 10.2. The summed E-state index contributed by atoms with van der Waals surface area (Å²) in [5.74, 6) is 0. The minimum atomic E-state index is -4.64. The van der Waals surface area contributed by atoms with Crippen LogP contribution in [-0.2, 0) is 4.57 Å². The van der Waals surface area contributed by atoms with Crippen LogP contribution >= 0.6 is 7.82 Å². The van der Waals surface area contributed by atoms with E-state index in [2.05, 4.69) is 26.2 Å². The third kappa shape index (κ3) is 22.6. The van der Waals surface area contributed by atoms with Gasteiger partial charge in [-0.05, 0) is 18.4 Å². The summed E-state index contributed by atoms with van der Waals surface area (Å²) in [7, 11) is -4.64. The average molecular weight is 194 g/mol. The number of phosphoric acid groups is 1. The molecule has 0 bridgehead atoms. The van der Waals surface area contributed by atoms with Crippen LogP contribution in [0.2, 0.25) is 0 Å². The fourth-order valence-corrected chi connectivity index (χ4v) is 0.500. The molecule has 4 nitrogen and oxygen atoms in total. The molecule has 0 saturated heterocycles. The van der Waals surface area contributed by atoms with Gasteiger partial charge in [-0.25, -0.2) is 4.57 Å². The van der Waals surface area contributed by atoms with Gasteiger partial charge in [-0.3, -0.25) is 0 Å². The standard InChI is InChI=1S/C7H12.H3O4P/c1-4-7(5-2)6-3;1-5(2,3)4/h1,5-6H2,2-3H3;(H3,1,2,3,4). The highest BCUT2D eigenvalue weighted by Gasteiger charge is 2.00. The molecule has 0 spiro atoms. The molecule has 5 heteroatoms. The molecule has 0 aliphatic rings. The maximum atomic E-state index is 8.88. The van der Waals surface area contributed by atoms with Gasteiger partial charge in [-0.15, -0.1) is 5.73 Å². The van der Waals surface area contributed by atoms with Crippen molar-refractivity contribution in [2.45, 2.75) is 26.7 Å². The smallest absolute Gasteiger partial charge is 0.303 e. The molecule has 0 aromatic heterocycles. The zero-order valence-corrected chi connectivity index (χ0v) is 8.21. The summed E-state index contributed by atoms with van der Waals surface area (Å²) in [6, 6.07) is 0. The van der Waals surface area contributed by atoms with Crippen LogP contribution in [0.15, 0.2) is 17.9 Å². The molecule has 0 heterocycles. The number of rotatable bonds is 2. The first-order valence-electron chi connectivity index (χ1n) is 3.51. The molecular weight excluding hydrogens is 179 g/mol. The molecule has 0 radical (unpaired) electrons. The zero-order valence-electron chi connectivity index (χ0n) is 7.32. The summed E-state index contributed by atoms with van der Waals surface area (Å²) in [4.78, 5) is 21.6. The molecule has 0 amide bonds. The number of hydrogen-bond acceptors (Lipinski definition) is 1. The van der Waals surface area contributed by atoms with E-state index in [1.807, 2.05) is 0 Å². The fourth-order valence-electron chi connectivity index (χ4n) is 0.500. The second kappa shape index (κ2) is 7.29. The molecule has 0 atom stereocenters. The van der Waals surface area contributed by atoms with Crippen LogP contribution in [0, 0.1) is 0 Å². The molecule has 0 unspecified atom stereocenters. The van der Waals surface area contributed by atoms with Crippen molar-refractivity contribution in [2.24, 2.45) is 0 Å². The van der Waals surface area contributed by atoms with E-state index in [0.717, 1.165) is 12.8 Å². The van der Waals surface area contributed by atoms with Crippen LogP contribution in [-0.4, -0.2) is 14.7 Å². The second-order valence-corrected chi connectivity index (χ2v) is 3.03. The van der Waals surface area contributed by atoms with E-state index < -0.39 is 7.82 Å². The van der Waals surface area contributed by atoms with Crippen molar-refractivity contribution < 1.29 is 19.2 Å². The van der Waals surface area contributed by atoms with Crippen molar-refractivity contribution in [1.82, 2.24) is 0 Å². The largest absolute Gasteiger partial charge is 0.466 e.